The van der Waals surface area contributed by atoms with Crippen molar-refractivity contribution >= 4 is 17.4 Å². The predicted molar refractivity (Wildman–Crippen MR) is 75.9 cm³/mol. The molecule has 1 fully saturated rings. The largest absolute Gasteiger partial charge is 0.380 e. The highest BCUT2D eigenvalue weighted by atomic mass is 32.2. The first-order valence-corrected chi connectivity index (χ1v) is 7.61. The minimum Gasteiger partial charge on any atom is -0.380 e. The molecule has 2 unspecified atom stereocenters. The Morgan fingerprint density at radius 1 is 1.41 bits per heavy atom. The van der Waals surface area contributed by atoms with E-state index >= 15 is 0 Å². The van der Waals surface area contributed by atoms with E-state index in [0.717, 1.165) is 6.04 Å². The van der Waals surface area contributed by atoms with Gasteiger partial charge in [-0.25, -0.2) is 0 Å². The molecule has 3 rings (SSSR count). The Labute approximate surface area is 108 Å². The van der Waals surface area contributed by atoms with Crippen molar-refractivity contribution in [3.05, 3.63) is 29.8 Å². The number of likely N-dealkylation sites (N-methyl/N-ethyl adjacent to an activating group) is 1. The molecule has 2 heterocycles. The second-order valence-corrected chi connectivity index (χ2v) is 6.31. The van der Waals surface area contributed by atoms with E-state index < -0.39 is 0 Å². The summed E-state index contributed by atoms with van der Waals surface area (Å²) in [7, 11) is 2.28. The van der Waals surface area contributed by atoms with Crippen molar-refractivity contribution in [2.24, 2.45) is 0 Å². The van der Waals surface area contributed by atoms with Gasteiger partial charge in [-0.1, -0.05) is 18.2 Å². The quantitative estimate of drug-likeness (QED) is 0.884. The Balaban J connectivity index is 1.58. The fourth-order valence-corrected chi connectivity index (χ4v) is 4.15. The number of anilines is 1. The average molecular weight is 248 g/mol. The van der Waals surface area contributed by atoms with Crippen LogP contribution in [0.2, 0.25) is 0 Å². The summed E-state index contributed by atoms with van der Waals surface area (Å²) in [5, 5.41) is 3.64. The van der Waals surface area contributed by atoms with E-state index in [1.54, 1.807) is 0 Å². The molecular formula is C14H20N2S. The third-order valence-electron chi connectivity index (χ3n) is 3.88. The van der Waals surface area contributed by atoms with Crippen molar-refractivity contribution in [2.75, 3.05) is 30.4 Å². The summed E-state index contributed by atoms with van der Waals surface area (Å²) in [5.41, 5.74) is 2.82. The molecule has 1 aromatic carbocycles. The van der Waals surface area contributed by atoms with Gasteiger partial charge < -0.3 is 10.2 Å². The van der Waals surface area contributed by atoms with Gasteiger partial charge in [-0.3, -0.25) is 0 Å². The molecular weight excluding hydrogens is 228 g/mol. The van der Waals surface area contributed by atoms with Gasteiger partial charge in [0, 0.05) is 30.1 Å². The molecule has 2 atom stereocenters. The third-order valence-corrected chi connectivity index (χ3v) is 5.03. The molecule has 0 amide bonds. The van der Waals surface area contributed by atoms with Gasteiger partial charge in [-0.2, -0.15) is 11.8 Å². The number of hydrogen-bond donors (Lipinski definition) is 1. The molecule has 92 valence electrons. The monoisotopic (exact) mass is 248 g/mol. The third kappa shape index (κ3) is 2.45. The molecule has 0 spiro atoms. The van der Waals surface area contributed by atoms with E-state index in [4.69, 9.17) is 0 Å². The lowest BCUT2D eigenvalue weighted by Gasteiger charge is -2.26. The van der Waals surface area contributed by atoms with E-state index in [9.17, 15) is 0 Å². The van der Waals surface area contributed by atoms with Gasteiger partial charge in [0.15, 0.2) is 0 Å². The number of rotatable bonds is 3. The normalized spacial score (nSPS) is 27.2. The lowest BCUT2D eigenvalue weighted by atomic mass is 10.1. The highest BCUT2D eigenvalue weighted by Gasteiger charge is 2.25. The minimum atomic E-state index is 0.600. The molecule has 1 N–H and O–H groups in total. The Kier molecular flexibility index (Phi) is 3.30. The summed E-state index contributed by atoms with van der Waals surface area (Å²) in [6.45, 7) is 1.17. The molecule has 1 aromatic rings. The molecule has 0 aliphatic carbocycles. The van der Waals surface area contributed by atoms with E-state index in [2.05, 4.69) is 53.3 Å². The lowest BCUT2D eigenvalue weighted by Crippen LogP contribution is -2.39. The standard InChI is InChI=1S/C14H20N2S/c1-16(13-6-7-17-10-13)9-12-8-11-4-2-3-5-14(11)15-12/h2-5,12-13,15H,6-10H2,1H3. The maximum Gasteiger partial charge on any atom is 0.0429 e. The number of thioether (sulfide) groups is 1. The molecule has 2 aliphatic rings. The highest BCUT2D eigenvalue weighted by molar-refractivity contribution is 7.99. The van der Waals surface area contributed by atoms with Gasteiger partial charge in [-0.15, -0.1) is 0 Å². The van der Waals surface area contributed by atoms with Gasteiger partial charge >= 0.3 is 0 Å². The van der Waals surface area contributed by atoms with Crippen molar-refractivity contribution < 1.29 is 0 Å². The number of benzene rings is 1. The minimum absolute atomic E-state index is 0.600. The summed E-state index contributed by atoms with van der Waals surface area (Å²) >= 11 is 2.09. The summed E-state index contributed by atoms with van der Waals surface area (Å²) < 4.78 is 0. The summed E-state index contributed by atoms with van der Waals surface area (Å²) in [5.74, 6) is 2.66. The van der Waals surface area contributed by atoms with Crippen LogP contribution in [-0.2, 0) is 6.42 Å². The van der Waals surface area contributed by atoms with Crippen LogP contribution in [0.4, 0.5) is 5.69 Å². The van der Waals surface area contributed by atoms with Crippen molar-refractivity contribution in [2.45, 2.75) is 24.9 Å². The van der Waals surface area contributed by atoms with Crippen LogP contribution in [0.15, 0.2) is 24.3 Å². The number of fused-ring (bicyclic) bond motifs is 1. The first kappa shape index (κ1) is 11.4. The molecule has 2 aliphatic heterocycles. The molecule has 0 saturated carbocycles. The van der Waals surface area contributed by atoms with Crippen LogP contribution in [0.3, 0.4) is 0 Å². The second kappa shape index (κ2) is 4.91. The first-order valence-electron chi connectivity index (χ1n) is 6.45. The number of nitrogens with one attached hydrogen (secondary N) is 1. The van der Waals surface area contributed by atoms with E-state index in [1.165, 1.54) is 42.1 Å². The molecule has 3 heteroatoms. The van der Waals surface area contributed by atoms with Gasteiger partial charge in [0.2, 0.25) is 0 Å². The van der Waals surface area contributed by atoms with Crippen LogP contribution in [-0.4, -0.2) is 42.1 Å². The summed E-state index contributed by atoms with van der Waals surface area (Å²) in [6, 6.07) is 10.1. The Hall–Kier alpha value is -0.670. The van der Waals surface area contributed by atoms with Gasteiger partial charge in [-0.05, 0) is 37.3 Å². The molecule has 1 saturated heterocycles. The van der Waals surface area contributed by atoms with Crippen LogP contribution in [0.5, 0.6) is 0 Å². The SMILES string of the molecule is CN(CC1Cc2ccccc2N1)C1CCSC1. The van der Waals surface area contributed by atoms with Crippen LogP contribution in [0.25, 0.3) is 0 Å². The second-order valence-electron chi connectivity index (χ2n) is 5.16. The van der Waals surface area contributed by atoms with Crippen LogP contribution >= 0.6 is 11.8 Å². The Bertz CT molecular complexity index is 363. The van der Waals surface area contributed by atoms with Gasteiger partial charge in [0.1, 0.15) is 0 Å². The molecule has 2 nitrogen and oxygen atoms in total. The van der Waals surface area contributed by atoms with Gasteiger partial charge in [0.05, 0.1) is 0 Å². The van der Waals surface area contributed by atoms with Gasteiger partial charge in [0.25, 0.3) is 0 Å². The fourth-order valence-electron chi connectivity index (χ4n) is 2.85. The van der Waals surface area contributed by atoms with E-state index in [1.807, 2.05) is 0 Å². The zero-order valence-electron chi connectivity index (χ0n) is 10.4. The molecule has 0 radical (unpaired) electrons. The molecule has 0 bridgehead atoms. The highest BCUT2D eigenvalue weighted by Crippen LogP contribution is 2.27. The number of para-hydroxylation sites is 1. The van der Waals surface area contributed by atoms with E-state index in [0.29, 0.717) is 6.04 Å². The maximum atomic E-state index is 3.64. The van der Waals surface area contributed by atoms with Crippen molar-refractivity contribution in [3.8, 4) is 0 Å². The average Bonchev–Trinajstić information content (AvgIpc) is 2.97. The Morgan fingerprint density at radius 2 is 2.29 bits per heavy atom. The first-order chi connectivity index (χ1) is 8.33. The molecule has 17 heavy (non-hydrogen) atoms. The topological polar surface area (TPSA) is 15.3 Å². The molecule has 0 aromatic heterocycles. The number of nitrogens with zero attached hydrogens (tertiary/aromatic N) is 1. The van der Waals surface area contributed by atoms with Crippen molar-refractivity contribution in [1.29, 1.82) is 0 Å². The van der Waals surface area contributed by atoms with Crippen molar-refractivity contribution in [3.63, 3.8) is 0 Å². The van der Waals surface area contributed by atoms with Crippen LogP contribution < -0.4 is 5.32 Å². The van der Waals surface area contributed by atoms with E-state index in [-0.39, 0.29) is 0 Å². The predicted octanol–water partition coefficient (Wildman–Crippen LogP) is 2.46. The number of hydrogen-bond acceptors (Lipinski definition) is 3. The zero-order valence-corrected chi connectivity index (χ0v) is 11.2. The van der Waals surface area contributed by atoms with Crippen LogP contribution in [0, 0.1) is 0 Å². The smallest absolute Gasteiger partial charge is 0.0429 e. The Morgan fingerprint density at radius 3 is 3.06 bits per heavy atom. The zero-order chi connectivity index (χ0) is 11.7. The fraction of sp³-hybridized carbons (Fsp3) is 0.571. The summed E-state index contributed by atoms with van der Waals surface area (Å²) in [4.78, 5) is 2.55. The maximum absolute atomic E-state index is 3.64. The van der Waals surface area contributed by atoms with Crippen LogP contribution in [0.1, 0.15) is 12.0 Å². The van der Waals surface area contributed by atoms with Crippen molar-refractivity contribution in [1.82, 2.24) is 4.90 Å². The summed E-state index contributed by atoms with van der Waals surface area (Å²) in [6.07, 6.45) is 2.54. The lowest BCUT2D eigenvalue weighted by molar-refractivity contribution is 0.253.